The van der Waals surface area contributed by atoms with Crippen molar-refractivity contribution in [3.05, 3.63) is 0 Å². The first-order valence-electron chi connectivity index (χ1n) is 4.66. The average Bonchev–Trinajstić information content (AvgIpc) is 2.03. The molecule has 0 aromatic carbocycles. The van der Waals surface area contributed by atoms with Crippen LogP contribution in [0, 0.1) is 5.92 Å². The van der Waals surface area contributed by atoms with Gasteiger partial charge in [-0.15, -0.1) is 0 Å². The van der Waals surface area contributed by atoms with Crippen molar-refractivity contribution in [3.63, 3.8) is 0 Å². The van der Waals surface area contributed by atoms with Crippen LogP contribution in [0.15, 0.2) is 0 Å². The van der Waals surface area contributed by atoms with Gasteiger partial charge in [0.25, 0.3) is 0 Å². The van der Waals surface area contributed by atoms with Crippen LogP contribution in [0.1, 0.15) is 39.0 Å². The van der Waals surface area contributed by atoms with Crippen LogP contribution in [0.3, 0.4) is 0 Å². The minimum Gasteiger partial charge on any atom is -0.179 e. The highest BCUT2D eigenvalue weighted by Crippen LogP contribution is 2.17. The molecule has 0 spiro atoms. The molecule has 0 unspecified atom stereocenters. The lowest BCUT2D eigenvalue weighted by Gasteiger charge is -2.12. The second-order valence-corrected chi connectivity index (χ2v) is 3.52. The zero-order valence-corrected chi connectivity index (χ0v) is 8.45. The molecule has 0 nitrogen and oxygen atoms in total. The smallest absolute Gasteiger partial charge is 0.0653 e. The Bertz CT molecular complexity index is 76.0. The second-order valence-electron chi connectivity index (χ2n) is 3.07. The molecule has 0 bridgehead atoms. The van der Waals surface area contributed by atoms with E-state index < -0.39 is 0 Å². The fraction of sp³-hybridized carbons (Fsp3) is 1.00. The fourth-order valence-electron chi connectivity index (χ4n) is 1.31. The topological polar surface area (TPSA) is 0 Å². The quantitative estimate of drug-likeness (QED) is 0.339. The van der Waals surface area contributed by atoms with Crippen molar-refractivity contribution >= 4 is 20.5 Å². The third-order valence-electron chi connectivity index (χ3n) is 2.18. The SMILES string of the molecule is [B]CCCC[C@H](CC)CCS. The summed E-state index contributed by atoms with van der Waals surface area (Å²) in [5, 5.41) is 0. The van der Waals surface area contributed by atoms with Crippen LogP contribution < -0.4 is 0 Å². The Balaban J connectivity index is 3.20. The minimum atomic E-state index is 0.845. The Labute approximate surface area is 78.0 Å². The van der Waals surface area contributed by atoms with Gasteiger partial charge in [-0.2, -0.15) is 12.6 Å². The van der Waals surface area contributed by atoms with Gasteiger partial charge < -0.3 is 0 Å². The summed E-state index contributed by atoms with van der Waals surface area (Å²) in [5.74, 6) is 1.92. The molecule has 2 heteroatoms. The molecule has 0 aliphatic rings. The molecule has 0 heterocycles. The van der Waals surface area contributed by atoms with Crippen LogP contribution in [0.25, 0.3) is 0 Å². The lowest BCUT2D eigenvalue weighted by molar-refractivity contribution is 0.442. The summed E-state index contributed by atoms with van der Waals surface area (Å²) >= 11 is 4.23. The fourth-order valence-corrected chi connectivity index (χ4v) is 1.68. The lowest BCUT2D eigenvalue weighted by Crippen LogP contribution is -1.99. The summed E-state index contributed by atoms with van der Waals surface area (Å²) in [5.41, 5.74) is 0. The molecule has 0 aliphatic heterocycles. The summed E-state index contributed by atoms with van der Waals surface area (Å²) in [7, 11) is 5.42. The van der Waals surface area contributed by atoms with Gasteiger partial charge in [-0.25, -0.2) is 0 Å². The van der Waals surface area contributed by atoms with E-state index in [1.807, 2.05) is 0 Å². The monoisotopic (exact) mass is 170 g/mol. The van der Waals surface area contributed by atoms with Crippen molar-refractivity contribution in [3.8, 4) is 0 Å². The van der Waals surface area contributed by atoms with Crippen molar-refractivity contribution in [1.82, 2.24) is 0 Å². The zero-order valence-electron chi connectivity index (χ0n) is 7.55. The van der Waals surface area contributed by atoms with Crippen LogP contribution in [-0.4, -0.2) is 13.6 Å². The normalized spacial score (nSPS) is 13.3. The number of unbranched alkanes of at least 4 members (excludes halogenated alkanes) is 1. The van der Waals surface area contributed by atoms with Gasteiger partial charge in [-0.3, -0.25) is 0 Å². The van der Waals surface area contributed by atoms with E-state index in [9.17, 15) is 0 Å². The summed E-state index contributed by atoms with van der Waals surface area (Å²) in [6.45, 7) is 2.26. The highest BCUT2D eigenvalue weighted by Gasteiger charge is 2.03. The van der Waals surface area contributed by atoms with Crippen molar-refractivity contribution in [1.29, 1.82) is 0 Å². The molecule has 0 saturated carbocycles. The minimum absolute atomic E-state index is 0.845. The van der Waals surface area contributed by atoms with Gasteiger partial charge in [0.2, 0.25) is 0 Å². The predicted molar refractivity (Wildman–Crippen MR) is 56.7 cm³/mol. The molecule has 11 heavy (non-hydrogen) atoms. The van der Waals surface area contributed by atoms with E-state index >= 15 is 0 Å². The molecule has 0 amide bonds. The summed E-state index contributed by atoms with van der Waals surface area (Å²) < 4.78 is 0. The van der Waals surface area contributed by atoms with Crippen LogP contribution in [0.4, 0.5) is 0 Å². The van der Waals surface area contributed by atoms with Crippen molar-refractivity contribution in [2.24, 2.45) is 5.92 Å². The maximum atomic E-state index is 5.42. The second kappa shape index (κ2) is 8.51. The van der Waals surface area contributed by atoms with E-state index in [0.717, 1.165) is 18.0 Å². The number of hydrogen-bond acceptors (Lipinski definition) is 1. The van der Waals surface area contributed by atoms with E-state index in [2.05, 4.69) is 19.6 Å². The highest BCUT2D eigenvalue weighted by molar-refractivity contribution is 7.80. The highest BCUT2D eigenvalue weighted by atomic mass is 32.1. The van der Waals surface area contributed by atoms with Crippen LogP contribution in [-0.2, 0) is 0 Å². The van der Waals surface area contributed by atoms with E-state index in [-0.39, 0.29) is 0 Å². The lowest BCUT2D eigenvalue weighted by atomic mass is 9.93. The third-order valence-corrected chi connectivity index (χ3v) is 2.44. The molecule has 0 aliphatic carbocycles. The van der Waals surface area contributed by atoms with Crippen molar-refractivity contribution < 1.29 is 0 Å². The first-order valence-corrected chi connectivity index (χ1v) is 5.29. The molecule has 0 rings (SSSR count). The molecule has 0 fully saturated rings. The summed E-state index contributed by atoms with van der Waals surface area (Å²) in [6, 6.07) is 0. The molecular weight excluding hydrogens is 151 g/mol. The Morgan fingerprint density at radius 1 is 1.27 bits per heavy atom. The Kier molecular flexibility index (Phi) is 8.83. The van der Waals surface area contributed by atoms with Gasteiger partial charge in [0.15, 0.2) is 0 Å². The van der Waals surface area contributed by atoms with Gasteiger partial charge in [0, 0.05) is 0 Å². The Morgan fingerprint density at radius 2 is 2.00 bits per heavy atom. The molecule has 0 saturated heterocycles. The molecule has 0 aromatic rings. The van der Waals surface area contributed by atoms with E-state index in [1.165, 1.54) is 32.1 Å². The molecule has 0 N–H and O–H groups in total. The first kappa shape index (κ1) is 11.4. The molecular formula is C9H19BS. The largest absolute Gasteiger partial charge is 0.179 e. The molecule has 1 atom stereocenters. The molecule has 2 radical (unpaired) electrons. The van der Waals surface area contributed by atoms with Crippen LogP contribution in [0.5, 0.6) is 0 Å². The predicted octanol–water partition coefficient (Wildman–Crippen LogP) is 3.09. The van der Waals surface area contributed by atoms with Crippen LogP contribution >= 0.6 is 12.6 Å². The first-order chi connectivity index (χ1) is 5.35. The number of rotatable bonds is 7. The van der Waals surface area contributed by atoms with Crippen LogP contribution in [0.2, 0.25) is 6.32 Å². The number of thiol groups is 1. The van der Waals surface area contributed by atoms with Crippen molar-refractivity contribution in [2.75, 3.05) is 5.75 Å². The van der Waals surface area contributed by atoms with E-state index in [0.29, 0.717) is 0 Å². The summed E-state index contributed by atoms with van der Waals surface area (Å²) in [6.07, 6.45) is 7.23. The van der Waals surface area contributed by atoms with Gasteiger partial charge in [0.05, 0.1) is 7.85 Å². The van der Waals surface area contributed by atoms with Gasteiger partial charge in [-0.05, 0) is 18.1 Å². The molecule has 64 valence electrons. The maximum Gasteiger partial charge on any atom is 0.0653 e. The van der Waals surface area contributed by atoms with Gasteiger partial charge in [0.1, 0.15) is 0 Å². The number of hydrogen-bond donors (Lipinski definition) is 1. The third kappa shape index (κ3) is 6.80. The Morgan fingerprint density at radius 3 is 2.45 bits per heavy atom. The maximum absolute atomic E-state index is 5.42. The van der Waals surface area contributed by atoms with Gasteiger partial charge >= 0.3 is 0 Å². The zero-order chi connectivity index (χ0) is 8.53. The van der Waals surface area contributed by atoms with E-state index in [1.54, 1.807) is 0 Å². The average molecular weight is 170 g/mol. The molecule has 0 aromatic heterocycles. The van der Waals surface area contributed by atoms with Crippen molar-refractivity contribution in [2.45, 2.75) is 45.3 Å². The standard InChI is InChI=1S/C9H19BS/c1-2-9(6-8-11)5-3-4-7-10/h9,11H,2-8H2,1H3/t9-/m0/s1. The van der Waals surface area contributed by atoms with E-state index in [4.69, 9.17) is 7.85 Å². The summed E-state index contributed by atoms with van der Waals surface area (Å²) in [4.78, 5) is 0. The Hall–Kier alpha value is 0.415. The van der Waals surface area contributed by atoms with Gasteiger partial charge in [-0.1, -0.05) is 38.9 Å².